The van der Waals surface area contributed by atoms with E-state index in [9.17, 15) is 22.0 Å². The highest BCUT2D eigenvalue weighted by molar-refractivity contribution is 9.10. The van der Waals surface area contributed by atoms with Crippen LogP contribution in [0.2, 0.25) is 0 Å². The van der Waals surface area contributed by atoms with Gasteiger partial charge in [-0.3, -0.25) is 4.79 Å². The first-order valence-corrected chi connectivity index (χ1v) is 9.51. The van der Waals surface area contributed by atoms with E-state index in [4.69, 9.17) is 0 Å². The number of halogens is 3. The lowest BCUT2D eigenvalue weighted by molar-refractivity contribution is 0.101. The third kappa shape index (κ3) is 3.44. The summed E-state index contributed by atoms with van der Waals surface area (Å²) in [6.45, 7) is 1.97. The third-order valence-corrected chi connectivity index (χ3v) is 6.11. The molecule has 2 N–H and O–H groups in total. The molecule has 0 saturated carbocycles. The number of hydrogen-bond donors (Lipinski definition) is 2. The first-order valence-electron chi connectivity index (χ1n) is 7.24. The summed E-state index contributed by atoms with van der Waals surface area (Å²) in [5, 5.41) is 2.24. The lowest BCUT2D eigenvalue weighted by Gasteiger charge is -2.09. The van der Waals surface area contributed by atoms with E-state index in [-0.39, 0.29) is 33.7 Å². The second-order valence-electron chi connectivity index (χ2n) is 5.58. The summed E-state index contributed by atoms with van der Waals surface area (Å²) in [7, 11) is -3.84. The number of anilines is 1. The van der Waals surface area contributed by atoms with Crippen LogP contribution in [0, 0.1) is 11.6 Å². The van der Waals surface area contributed by atoms with Gasteiger partial charge in [0, 0.05) is 24.3 Å². The zero-order valence-electron chi connectivity index (χ0n) is 12.9. The van der Waals surface area contributed by atoms with E-state index in [2.05, 4.69) is 31.0 Å². The van der Waals surface area contributed by atoms with Crippen molar-refractivity contribution in [1.29, 1.82) is 0 Å². The molecule has 0 radical (unpaired) electrons. The molecule has 2 aromatic rings. The maximum absolute atomic E-state index is 13.3. The van der Waals surface area contributed by atoms with Crippen LogP contribution in [0.1, 0.15) is 24.0 Å². The number of hydrogen-bond acceptors (Lipinski definition) is 4. The van der Waals surface area contributed by atoms with E-state index in [1.165, 1.54) is 10.6 Å². The van der Waals surface area contributed by atoms with Gasteiger partial charge in [-0.05, 0) is 41.4 Å². The van der Waals surface area contributed by atoms with Crippen LogP contribution in [0.4, 0.5) is 14.5 Å². The van der Waals surface area contributed by atoms with Crippen molar-refractivity contribution in [3.8, 4) is 0 Å². The fourth-order valence-corrected chi connectivity index (χ4v) is 5.02. The lowest BCUT2D eigenvalue weighted by Crippen LogP contribution is -2.31. The number of amides is 1. The van der Waals surface area contributed by atoms with Gasteiger partial charge < -0.3 is 9.88 Å². The first-order chi connectivity index (χ1) is 11.7. The number of benzene rings is 1. The van der Waals surface area contributed by atoms with Crippen molar-refractivity contribution in [1.82, 2.24) is 14.3 Å². The molecule has 134 valence electrons. The zero-order valence-corrected chi connectivity index (χ0v) is 15.3. The van der Waals surface area contributed by atoms with Gasteiger partial charge in [-0.2, -0.15) is 0 Å². The molecule has 1 amide bonds. The Morgan fingerprint density at radius 1 is 1.40 bits per heavy atom. The van der Waals surface area contributed by atoms with E-state index in [0.717, 1.165) is 12.1 Å². The number of carbonyl (C=O) groups is 1. The Balaban J connectivity index is 1.98. The van der Waals surface area contributed by atoms with Gasteiger partial charge in [-0.1, -0.05) is 0 Å². The van der Waals surface area contributed by atoms with Crippen molar-refractivity contribution >= 4 is 37.5 Å². The van der Waals surface area contributed by atoms with Gasteiger partial charge in [0.1, 0.15) is 4.60 Å². The molecular weight excluding hydrogens is 422 g/mol. The Kier molecular flexibility index (Phi) is 4.64. The van der Waals surface area contributed by atoms with Gasteiger partial charge in [-0.15, -0.1) is 0 Å². The number of fused-ring (bicyclic) bond motifs is 1. The zero-order chi connectivity index (χ0) is 18.4. The fraction of sp³-hybridized carbons (Fsp3) is 0.286. The topological polar surface area (TPSA) is 93.1 Å². The van der Waals surface area contributed by atoms with Crippen LogP contribution in [0.15, 0.2) is 27.8 Å². The van der Waals surface area contributed by atoms with Crippen molar-refractivity contribution in [2.24, 2.45) is 0 Å². The Morgan fingerprint density at radius 3 is 2.80 bits per heavy atom. The number of imidazole rings is 1. The Morgan fingerprint density at radius 2 is 2.12 bits per heavy atom. The molecule has 1 atom stereocenters. The molecule has 1 unspecified atom stereocenters. The molecule has 11 heteroatoms. The van der Waals surface area contributed by atoms with Crippen molar-refractivity contribution < 1.29 is 22.0 Å². The fourth-order valence-electron chi connectivity index (χ4n) is 2.51. The van der Waals surface area contributed by atoms with Crippen LogP contribution < -0.4 is 10.0 Å². The summed E-state index contributed by atoms with van der Waals surface area (Å²) < 4.78 is 54.8. The van der Waals surface area contributed by atoms with E-state index in [0.29, 0.717) is 6.42 Å². The number of carbonyl (C=O) groups excluding carboxylic acids is 1. The highest BCUT2D eigenvalue weighted by Crippen LogP contribution is 2.27. The van der Waals surface area contributed by atoms with Crippen LogP contribution in [-0.4, -0.2) is 29.9 Å². The highest BCUT2D eigenvalue weighted by Gasteiger charge is 2.33. The standard InChI is InChI=1S/C14H13BrF2N4O3S/c1-7-4-5-21-12(19-11(15)14(21)25(23,24)20-7)13(22)18-8-2-3-9(16)10(17)6-8/h2-3,6-7,20H,4-5H2,1H3,(H,18,22). The van der Waals surface area contributed by atoms with Gasteiger partial charge in [0.15, 0.2) is 16.7 Å². The predicted octanol–water partition coefficient (Wildman–Crippen LogP) is 2.25. The van der Waals surface area contributed by atoms with Gasteiger partial charge in [0.25, 0.3) is 15.9 Å². The Bertz CT molecular complexity index is 961. The molecule has 0 spiro atoms. The largest absolute Gasteiger partial charge is 0.319 e. The summed E-state index contributed by atoms with van der Waals surface area (Å²) in [6.07, 6.45) is 0.459. The van der Waals surface area contributed by atoms with Gasteiger partial charge in [-0.25, -0.2) is 26.9 Å². The molecule has 1 aliphatic rings. The average molecular weight is 435 g/mol. The van der Waals surface area contributed by atoms with Crippen LogP contribution >= 0.6 is 15.9 Å². The van der Waals surface area contributed by atoms with Crippen molar-refractivity contribution in [3.05, 3.63) is 40.3 Å². The molecule has 0 aliphatic carbocycles. The van der Waals surface area contributed by atoms with Crippen LogP contribution in [0.3, 0.4) is 0 Å². The smallest absolute Gasteiger partial charge is 0.291 e. The van der Waals surface area contributed by atoms with E-state index in [1.807, 2.05) is 0 Å². The van der Waals surface area contributed by atoms with E-state index >= 15 is 0 Å². The number of rotatable bonds is 2. The van der Waals surface area contributed by atoms with Crippen LogP contribution in [0.25, 0.3) is 0 Å². The van der Waals surface area contributed by atoms with E-state index < -0.39 is 27.6 Å². The normalized spacial score (nSPS) is 19.1. The number of nitrogens with one attached hydrogen (secondary N) is 2. The minimum Gasteiger partial charge on any atom is -0.319 e. The first kappa shape index (κ1) is 18.0. The van der Waals surface area contributed by atoms with Crippen molar-refractivity contribution in [3.63, 3.8) is 0 Å². The lowest BCUT2D eigenvalue weighted by atomic mass is 10.2. The van der Waals surface area contributed by atoms with Crippen molar-refractivity contribution in [2.75, 3.05) is 5.32 Å². The number of sulfonamides is 1. The summed E-state index contributed by atoms with van der Waals surface area (Å²) in [4.78, 5) is 16.4. The minimum absolute atomic E-state index is 0.00420. The molecule has 0 fully saturated rings. The molecular formula is C14H13BrF2N4O3S. The maximum Gasteiger partial charge on any atom is 0.291 e. The predicted molar refractivity (Wildman–Crippen MR) is 88.6 cm³/mol. The number of nitrogens with zero attached hydrogens (tertiary/aromatic N) is 2. The molecule has 25 heavy (non-hydrogen) atoms. The van der Waals surface area contributed by atoms with Gasteiger partial charge in [0.2, 0.25) is 5.82 Å². The van der Waals surface area contributed by atoms with E-state index in [1.54, 1.807) is 6.92 Å². The SMILES string of the molecule is CC1CCn2c(C(=O)Nc3ccc(F)c(F)c3)nc(Br)c2S(=O)(=O)N1. The highest BCUT2D eigenvalue weighted by atomic mass is 79.9. The quantitative estimate of drug-likeness (QED) is 0.757. The number of aromatic nitrogens is 2. The van der Waals surface area contributed by atoms with Crippen LogP contribution in [-0.2, 0) is 16.6 Å². The summed E-state index contributed by atoms with van der Waals surface area (Å²) in [5.74, 6) is -3.03. The molecule has 1 aromatic heterocycles. The third-order valence-electron chi connectivity index (χ3n) is 3.66. The second kappa shape index (κ2) is 6.46. The molecule has 3 rings (SSSR count). The molecule has 1 aromatic carbocycles. The molecule has 1 aliphatic heterocycles. The molecule has 0 saturated heterocycles. The minimum atomic E-state index is -3.84. The second-order valence-corrected chi connectivity index (χ2v) is 7.96. The Labute approximate surface area is 150 Å². The maximum atomic E-state index is 13.3. The van der Waals surface area contributed by atoms with Gasteiger partial charge >= 0.3 is 0 Å². The summed E-state index contributed by atoms with van der Waals surface area (Å²) >= 11 is 3.07. The molecule has 7 nitrogen and oxygen atoms in total. The molecule has 2 heterocycles. The molecule has 0 bridgehead atoms. The average Bonchev–Trinajstić information content (AvgIpc) is 2.79. The summed E-state index contributed by atoms with van der Waals surface area (Å²) in [5.41, 5.74) is 0.0281. The van der Waals surface area contributed by atoms with Crippen molar-refractivity contribution in [2.45, 2.75) is 31.0 Å². The monoisotopic (exact) mass is 434 g/mol. The summed E-state index contributed by atoms with van der Waals surface area (Å²) in [6, 6.07) is 2.59. The van der Waals surface area contributed by atoms with Gasteiger partial charge in [0.05, 0.1) is 0 Å². The van der Waals surface area contributed by atoms with Crippen LogP contribution in [0.5, 0.6) is 0 Å². The Hall–Kier alpha value is -1.85.